The minimum atomic E-state index is -0.822. The number of nitrogens with one attached hydrogen (secondary N) is 2. The van der Waals surface area contributed by atoms with Gasteiger partial charge in [0.15, 0.2) is 5.17 Å². The van der Waals surface area contributed by atoms with Gasteiger partial charge in [-0.3, -0.25) is 19.4 Å². The number of fused-ring (bicyclic) bond motifs is 3. The van der Waals surface area contributed by atoms with Crippen molar-refractivity contribution in [3.63, 3.8) is 0 Å². The number of carbonyl (C=O) groups excluding carboxylic acids is 3. The summed E-state index contributed by atoms with van der Waals surface area (Å²) in [5.74, 6) is 0.382. The Labute approximate surface area is 226 Å². The summed E-state index contributed by atoms with van der Waals surface area (Å²) in [6, 6.07) is 14.0. The minimum absolute atomic E-state index is 0.00978. The number of anilines is 1. The number of para-hydroxylation sites is 3. The number of aliphatic imine (C=N–C) groups is 2. The van der Waals surface area contributed by atoms with Crippen molar-refractivity contribution in [1.29, 1.82) is 0 Å². The Morgan fingerprint density at radius 2 is 1.82 bits per heavy atom. The lowest BCUT2D eigenvalue weighted by atomic mass is 9.95. The van der Waals surface area contributed by atoms with Gasteiger partial charge in [-0.1, -0.05) is 55.3 Å². The molecule has 0 aromatic heterocycles. The molecule has 9 nitrogen and oxygen atoms in total. The maximum atomic E-state index is 13.5. The van der Waals surface area contributed by atoms with Crippen molar-refractivity contribution in [2.75, 3.05) is 17.7 Å². The van der Waals surface area contributed by atoms with Crippen LogP contribution in [0.15, 0.2) is 58.5 Å². The number of nitrogens with zero attached hydrogens (tertiary/aromatic N) is 3. The second-order valence-electron chi connectivity index (χ2n) is 9.43. The molecule has 10 heteroatoms. The topological polar surface area (TPSA) is 112 Å². The number of thioether (sulfide) groups is 1. The van der Waals surface area contributed by atoms with Crippen molar-refractivity contribution in [2.24, 2.45) is 9.98 Å². The van der Waals surface area contributed by atoms with Gasteiger partial charge >= 0.3 is 0 Å². The average Bonchev–Trinajstić information content (AvgIpc) is 3.25. The summed E-state index contributed by atoms with van der Waals surface area (Å²) in [6.45, 7) is 2.36. The second kappa shape index (κ2) is 11.8. The summed E-state index contributed by atoms with van der Waals surface area (Å²) < 4.78 is 5.59. The molecule has 0 unspecified atom stereocenters. The highest BCUT2D eigenvalue weighted by Crippen LogP contribution is 2.34. The fourth-order valence-electron chi connectivity index (χ4n) is 4.91. The third-order valence-electron chi connectivity index (χ3n) is 6.69. The molecular weight excluding hydrogens is 502 g/mol. The van der Waals surface area contributed by atoms with Crippen LogP contribution in [-0.4, -0.2) is 58.1 Å². The van der Waals surface area contributed by atoms with Crippen LogP contribution in [0.1, 0.15) is 51.0 Å². The lowest BCUT2D eigenvalue weighted by Crippen LogP contribution is -2.43. The highest BCUT2D eigenvalue weighted by molar-refractivity contribution is 8.14. The van der Waals surface area contributed by atoms with Crippen LogP contribution in [0.5, 0.6) is 5.75 Å². The number of hydrogen-bond donors (Lipinski definition) is 2. The van der Waals surface area contributed by atoms with Crippen LogP contribution in [0.3, 0.4) is 0 Å². The molecule has 1 atom stereocenters. The van der Waals surface area contributed by atoms with E-state index in [1.165, 1.54) is 11.3 Å². The predicted molar refractivity (Wildman–Crippen MR) is 149 cm³/mol. The second-order valence-corrected chi connectivity index (χ2v) is 10.4. The van der Waals surface area contributed by atoms with Crippen LogP contribution in [0.25, 0.3) is 0 Å². The molecule has 5 rings (SSSR count). The highest BCUT2D eigenvalue weighted by atomic mass is 32.2. The predicted octanol–water partition coefficient (Wildman–Crippen LogP) is 4.25. The Hall–Kier alpha value is -3.66. The molecule has 1 aliphatic carbocycles. The molecule has 1 fully saturated rings. The van der Waals surface area contributed by atoms with Gasteiger partial charge in [-0.15, -0.1) is 0 Å². The van der Waals surface area contributed by atoms with Crippen molar-refractivity contribution in [1.82, 2.24) is 10.2 Å². The summed E-state index contributed by atoms with van der Waals surface area (Å²) in [5, 5.41) is 6.32. The molecule has 0 spiro atoms. The molecule has 2 aromatic rings. The first-order chi connectivity index (χ1) is 18.5. The van der Waals surface area contributed by atoms with Gasteiger partial charge in [0.05, 0.1) is 30.2 Å². The SMILES string of the molecule is CCOc1ccccc1NC(=O)CSC1=Nc2ccccc2C2=N[C@H](CC(=O)NC3CCCCC3)C(=O)N12. The number of amidine groups is 2. The molecule has 3 aliphatic rings. The molecule has 0 saturated heterocycles. The number of amides is 3. The van der Waals surface area contributed by atoms with Gasteiger partial charge in [0, 0.05) is 11.6 Å². The fraction of sp³-hybridized carbons (Fsp3) is 0.393. The van der Waals surface area contributed by atoms with Crippen molar-refractivity contribution >= 4 is 51.9 Å². The normalized spacial score (nSPS) is 18.7. The third-order valence-corrected chi connectivity index (χ3v) is 7.63. The summed E-state index contributed by atoms with van der Waals surface area (Å²) >= 11 is 1.16. The van der Waals surface area contributed by atoms with Gasteiger partial charge in [0.2, 0.25) is 11.8 Å². The number of rotatable bonds is 8. The summed E-state index contributed by atoms with van der Waals surface area (Å²) in [5.41, 5.74) is 1.99. The van der Waals surface area contributed by atoms with Gasteiger partial charge in [-0.2, -0.15) is 0 Å². The van der Waals surface area contributed by atoms with Gasteiger partial charge in [-0.05, 0) is 44.0 Å². The Kier molecular flexibility index (Phi) is 8.07. The van der Waals surface area contributed by atoms with E-state index in [4.69, 9.17) is 4.74 Å². The fourth-order valence-corrected chi connectivity index (χ4v) is 5.71. The molecule has 3 amide bonds. The Morgan fingerprint density at radius 3 is 2.63 bits per heavy atom. The Balaban J connectivity index is 1.29. The number of carbonyl (C=O) groups is 3. The molecule has 2 heterocycles. The van der Waals surface area contributed by atoms with E-state index < -0.39 is 6.04 Å². The van der Waals surface area contributed by atoms with Crippen LogP contribution in [0.4, 0.5) is 11.4 Å². The van der Waals surface area contributed by atoms with Crippen LogP contribution >= 0.6 is 11.8 Å². The molecule has 2 aliphatic heterocycles. The molecule has 0 bridgehead atoms. The molecule has 1 saturated carbocycles. The third kappa shape index (κ3) is 5.75. The monoisotopic (exact) mass is 533 g/mol. The van der Waals surface area contributed by atoms with E-state index in [0.29, 0.717) is 34.7 Å². The van der Waals surface area contributed by atoms with E-state index in [0.717, 1.165) is 43.0 Å². The van der Waals surface area contributed by atoms with Crippen molar-refractivity contribution in [2.45, 2.75) is 57.5 Å². The molecular formula is C28H31N5O4S. The van der Waals surface area contributed by atoms with E-state index in [-0.39, 0.29) is 35.9 Å². The standard InChI is InChI=1S/C28H31N5O4S/c1-2-37-23-15-9-8-14-21(23)30-25(35)17-38-28-32-20-13-7-6-12-19(20)26-31-22(27(36)33(26)28)16-24(34)29-18-10-4-3-5-11-18/h6-9,12-15,18,22H,2-5,10-11,16-17H2,1H3,(H,29,34)(H,30,35)/t22-/m1/s1. The van der Waals surface area contributed by atoms with E-state index in [1.807, 2.05) is 43.3 Å². The lowest BCUT2D eigenvalue weighted by Gasteiger charge is -2.25. The molecule has 2 N–H and O–H groups in total. The van der Waals surface area contributed by atoms with Crippen LogP contribution in [-0.2, 0) is 14.4 Å². The van der Waals surface area contributed by atoms with Crippen LogP contribution < -0.4 is 15.4 Å². The lowest BCUT2D eigenvalue weighted by molar-refractivity contribution is -0.129. The van der Waals surface area contributed by atoms with E-state index in [2.05, 4.69) is 20.6 Å². The van der Waals surface area contributed by atoms with Crippen LogP contribution in [0.2, 0.25) is 0 Å². The summed E-state index contributed by atoms with van der Waals surface area (Å²) in [7, 11) is 0. The smallest absolute Gasteiger partial charge is 0.259 e. The zero-order valence-electron chi connectivity index (χ0n) is 21.3. The maximum absolute atomic E-state index is 13.5. The first-order valence-electron chi connectivity index (χ1n) is 13.1. The zero-order chi connectivity index (χ0) is 26.5. The first kappa shape index (κ1) is 26.0. The summed E-state index contributed by atoms with van der Waals surface area (Å²) in [4.78, 5) is 49.8. The van der Waals surface area contributed by atoms with Crippen molar-refractivity contribution in [3.05, 3.63) is 54.1 Å². The zero-order valence-corrected chi connectivity index (χ0v) is 22.1. The van der Waals surface area contributed by atoms with Crippen LogP contribution in [0, 0.1) is 0 Å². The molecule has 198 valence electrons. The average molecular weight is 534 g/mol. The largest absolute Gasteiger partial charge is 0.492 e. The minimum Gasteiger partial charge on any atom is -0.492 e. The van der Waals surface area contributed by atoms with Crippen molar-refractivity contribution in [3.8, 4) is 5.75 Å². The quantitative estimate of drug-likeness (QED) is 0.527. The van der Waals surface area contributed by atoms with E-state index in [9.17, 15) is 14.4 Å². The molecule has 38 heavy (non-hydrogen) atoms. The van der Waals surface area contributed by atoms with Gasteiger partial charge < -0.3 is 15.4 Å². The van der Waals surface area contributed by atoms with E-state index in [1.54, 1.807) is 12.1 Å². The van der Waals surface area contributed by atoms with E-state index >= 15 is 0 Å². The highest BCUT2D eigenvalue weighted by Gasteiger charge is 2.42. The maximum Gasteiger partial charge on any atom is 0.259 e. The number of ether oxygens (including phenoxy) is 1. The van der Waals surface area contributed by atoms with Gasteiger partial charge in [-0.25, -0.2) is 9.89 Å². The Morgan fingerprint density at radius 1 is 1.05 bits per heavy atom. The van der Waals surface area contributed by atoms with Crippen molar-refractivity contribution < 1.29 is 19.1 Å². The first-order valence-corrected chi connectivity index (χ1v) is 14.1. The number of benzene rings is 2. The molecule has 2 aromatic carbocycles. The Bertz CT molecular complexity index is 1290. The van der Waals surface area contributed by atoms with Gasteiger partial charge in [0.1, 0.15) is 17.6 Å². The molecule has 0 radical (unpaired) electrons. The van der Waals surface area contributed by atoms with Gasteiger partial charge in [0.25, 0.3) is 5.91 Å². The number of hydrogen-bond acceptors (Lipinski definition) is 7. The summed E-state index contributed by atoms with van der Waals surface area (Å²) in [6.07, 6.45) is 5.37.